The summed E-state index contributed by atoms with van der Waals surface area (Å²) < 4.78 is 8.12. The van der Waals surface area contributed by atoms with Gasteiger partial charge in [0.05, 0.1) is 22.6 Å². The molecule has 5 fully saturated rings. The van der Waals surface area contributed by atoms with E-state index in [1.807, 2.05) is 60.7 Å². The van der Waals surface area contributed by atoms with Gasteiger partial charge in [0.1, 0.15) is 35.4 Å². The van der Waals surface area contributed by atoms with E-state index >= 15 is 0 Å². The van der Waals surface area contributed by atoms with Crippen molar-refractivity contribution in [2.24, 2.45) is 11.8 Å². The smallest absolute Gasteiger partial charge is 0.262 e. The molecule has 0 radical (unpaired) electrons. The Kier molecular flexibility index (Phi) is 8.12. The van der Waals surface area contributed by atoms with Crippen molar-refractivity contribution in [1.82, 2.24) is 39.8 Å². The molecule has 1 aliphatic carbocycles. The minimum atomic E-state index is -0.964. The lowest BCUT2D eigenvalue weighted by molar-refractivity contribution is -0.136. The molecule has 1 saturated carbocycles. The molecular formula is C43H42N10O5. The lowest BCUT2D eigenvalue weighted by Crippen LogP contribution is -2.69. The number of amides is 4. The highest BCUT2D eigenvalue weighted by atomic mass is 16.5. The number of nitrogens with zero attached hydrogens (tertiary/aromatic N) is 8. The molecule has 3 atom stereocenters. The van der Waals surface area contributed by atoms with E-state index in [0.29, 0.717) is 40.9 Å². The molecule has 294 valence electrons. The van der Waals surface area contributed by atoms with Gasteiger partial charge >= 0.3 is 0 Å². The molecule has 0 spiro atoms. The molecular weight excluding hydrogens is 737 g/mol. The van der Waals surface area contributed by atoms with Gasteiger partial charge in [-0.25, -0.2) is 14.6 Å². The number of hydrogen-bond donors (Lipinski definition) is 2. The first-order chi connectivity index (χ1) is 28.3. The Morgan fingerprint density at radius 3 is 2.16 bits per heavy atom. The summed E-state index contributed by atoms with van der Waals surface area (Å²) in [7, 11) is 0. The van der Waals surface area contributed by atoms with Crippen molar-refractivity contribution in [1.29, 1.82) is 0 Å². The van der Waals surface area contributed by atoms with Crippen molar-refractivity contribution in [3.8, 4) is 22.8 Å². The quantitative estimate of drug-likeness (QED) is 0.219. The van der Waals surface area contributed by atoms with Gasteiger partial charge in [-0.05, 0) is 85.7 Å². The number of anilines is 2. The van der Waals surface area contributed by atoms with E-state index in [2.05, 4.69) is 34.7 Å². The van der Waals surface area contributed by atoms with E-state index in [1.165, 1.54) is 6.33 Å². The van der Waals surface area contributed by atoms with Crippen molar-refractivity contribution in [2.45, 2.75) is 49.9 Å². The topological polar surface area (TPSA) is 172 Å². The Balaban J connectivity index is 0.694. The molecule has 15 heteroatoms. The summed E-state index contributed by atoms with van der Waals surface area (Å²) in [6.45, 7) is 6.02. The number of aromatic nitrogens is 4. The molecule has 2 aromatic heterocycles. The summed E-state index contributed by atoms with van der Waals surface area (Å²) in [4.78, 5) is 68.1. The van der Waals surface area contributed by atoms with Crippen LogP contribution >= 0.6 is 0 Å². The fourth-order valence-electron chi connectivity index (χ4n) is 10.1. The predicted molar refractivity (Wildman–Crippen MR) is 213 cm³/mol. The van der Waals surface area contributed by atoms with Crippen LogP contribution in [0.15, 0.2) is 79.1 Å². The van der Waals surface area contributed by atoms with Crippen LogP contribution in [0.4, 0.5) is 11.5 Å². The molecule has 58 heavy (non-hydrogen) atoms. The maximum absolute atomic E-state index is 13.3. The van der Waals surface area contributed by atoms with E-state index in [0.717, 1.165) is 96.5 Å². The van der Waals surface area contributed by atoms with Crippen molar-refractivity contribution in [3.63, 3.8) is 0 Å². The van der Waals surface area contributed by atoms with Crippen LogP contribution in [-0.2, 0) is 9.59 Å². The number of hydrogen-bond acceptors (Lipinski definition) is 12. The number of carbonyl (C=O) groups is 4. The highest BCUT2D eigenvalue weighted by Crippen LogP contribution is 2.47. The molecule has 5 aromatic rings. The normalized spacial score (nSPS) is 25.2. The molecule has 11 rings (SSSR count). The lowest BCUT2D eigenvalue weighted by atomic mass is 9.97. The van der Waals surface area contributed by atoms with E-state index in [9.17, 15) is 19.2 Å². The highest BCUT2D eigenvalue weighted by molar-refractivity contribution is 6.23. The van der Waals surface area contributed by atoms with Gasteiger partial charge in [0.25, 0.3) is 11.8 Å². The van der Waals surface area contributed by atoms with E-state index in [4.69, 9.17) is 15.6 Å². The summed E-state index contributed by atoms with van der Waals surface area (Å²) in [5.74, 6) is 1.24. The number of piperidine rings is 1. The molecule has 15 nitrogen and oxygen atoms in total. The zero-order valence-corrected chi connectivity index (χ0v) is 31.7. The minimum Gasteiger partial charge on any atom is -0.457 e. The van der Waals surface area contributed by atoms with Gasteiger partial charge < -0.3 is 15.4 Å². The molecule has 5 aliphatic heterocycles. The molecule has 7 heterocycles. The highest BCUT2D eigenvalue weighted by Gasteiger charge is 2.49. The SMILES string of the molecule is Nc1ncnc2c1c(-c1ccc(Oc3ccccc3)cc1)nn2C1CC2CN(C3CN(C4CN(c5ccc6c(c5)C(=O)N(C5CCC(=O)NC5=O)C6=O)C4)C3)CC2C1. The second-order valence-corrected chi connectivity index (χ2v) is 16.6. The zero-order chi connectivity index (χ0) is 39.2. The third-order valence-corrected chi connectivity index (χ3v) is 13.3. The van der Waals surface area contributed by atoms with Gasteiger partial charge in [-0.1, -0.05) is 18.2 Å². The summed E-state index contributed by atoms with van der Waals surface area (Å²) in [6.07, 6.45) is 3.89. The Morgan fingerprint density at radius 1 is 0.724 bits per heavy atom. The number of nitrogen functional groups attached to an aromatic ring is 1. The van der Waals surface area contributed by atoms with Gasteiger partial charge in [-0.15, -0.1) is 0 Å². The summed E-state index contributed by atoms with van der Waals surface area (Å²) >= 11 is 0. The van der Waals surface area contributed by atoms with E-state index in [-0.39, 0.29) is 24.8 Å². The van der Waals surface area contributed by atoms with Crippen LogP contribution in [0.3, 0.4) is 0 Å². The van der Waals surface area contributed by atoms with Crippen LogP contribution in [0, 0.1) is 11.8 Å². The number of rotatable bonds is 8. The van der Waals surface area contributed by atoms with Crippen LogP contribution in [0.25, 0.3) is 22.3 Å². The van der Waals surface area contributed by atoms with Crippen molar-refractivity contribution in [3.05, 3.63) is 90.3 Å². The first-order valence-electron chi connectivity index (χ1n) is 20.2. The summed E-state index contributed by atoms with van der Waals surface area (Å²) in [6, 6.07) is 23.3. The minimum absolute atomic E-state index is 0.0993. The number of nitrogens with one attached hydrogen (secondary N) is 1. The van der Waals surface area contributed by atoms with Crippen LogP contribution in [-0.4, -0.2) is 115 Å². The third-order valence-electron chi connectivity index (χ3n) is 13.3. The monoisotopic (exact) mass is 778 g/mol. The Morgan fingerprint density at radius 2 is 1.41 bits per heavy atom. The maximum atomic E-state index is 13.3. The number of para-hydroxylation sites is 1. The molecule has 3 aromatic carbocycles. The standard InChI is InChI=1S/C43H42N10O5/c44-39-37-38(24-6-9-32(10-7-24)58-31-4-2-1-3-5-31)48-53(40(37)46-23-45-39)28-14-25-17-49(18-26(25)15-28)29-21-51(22-29)30-19-50(20-30)27-8-11-33-34(16-27)43(57)52(42(33)56)35-12-13-36(54)47-41(35)55/h1-11,16,23,25-26,28-30,35H,12-15,17-22H2,(H2,44,45,46)(H,47,54,55). The third kappa shape index (κ3) is 5.74. The number of nitrogens with two attached hydrogens (primary N) is 1. The van der Waals surface area contributed by atoms with E-state index < -0.39 is 23.8 Å². The van der Waals surface area contributed by atoms with Crippen LogP contribution < -0.4 is 20.7 Å². The van der Waals surface area contributed by atoms with Gasteiger partial charge in [0.15, 0.2) is 5.65 Å². The molecule has 4 saturated heterocycles. The van der Waals surface area contributed by atoms with Gasteiger partial charge in [-0.3, -0.25) is 39.2 Å². The largest absolute Gasteiger partial charge is 0.457 e. The first kappa shape index (κ1) is 35.0. The predicted octanol–water partition coefficient (Wildman–Crippen LogP) is 3.72. The molecule has 3 unspecified atom stereocenters. The number of carbonyl (C=O) groups excluding carboxylic acids is 4. The van der Waals surface area contributed by atoms with Crippen LogP contribution in [0.5, 0.6) is 11.5 Å². The summed E-state index contributed by atoms with van der Waals surface area (Å²) in [5, 5.41) is 8.20. The van der Waals surface area contributed by atoms with Crippen LogP contribution in [0.2, 0.25) is 0 Å². The van der Waals surface area contributed by atoms with Crippen LogP contribution in [0.1, 0.15) is 52.4 Å². The molecule has 3 N–H and O–H groups in total. The Hall–Kier alpha value is -6.19. The van der Waals surface area contributed by atoms with Crippen molar-refractivity contribution < 1.29 is 23.9 Å². The second-order valence-electron chi connectivity index (χ2n) is 16.6. The molecule has 0 bridgehead atoms. The number of fused-ring (bicyclic) bond motifs is 3. The Bertz CT molecular complexity index is 2480. The maximum Gasteiger partial charge on any atom is 0.262 e. The lowest BCUT2D eigenvalue weighted by Gasteiger charge is -2.54. The van der Waals surface area contributed by atoms with Gasteiger partial charge in [0.2, 0.25) is 11.8 Å². The van der Waals surface area contributed by atoms with E-state index in [1.54, 1.807) is 12.1 Å². The average molecular weight is 779 g/mol. The second kappa shape index (κ2) is 13.5. The van der Waals surface area contributed by atoms with Gasteiger partial charge in [0, 0.05) is 69.0 Å². The average Bonchev–Trinajstić information content (AvgIpc) is 3.94. The van der Waals surface area contributed by atoms with Gasteiger partial charge in [-0.2, -0.15) is 5.10 Å². The molecule has 4 amide bonds. The number of likely N-dealkylation sites (tertiary alicyclic amines) is 2. The zero-order valence-electron chi connectivity index (χ0n) is 31.7. The van der Waals surface area contributed by atoms with Crippen molar-refractivity contribution >= 4 is 46.2 Å². The summed E-state index contributed by atoms with van der Waals surface area (Å²) in [5.41, 5.74) is 10.5. The van der Waals surface area contributed by atoms with Crippen molar-refractivity contribution in [2.75, 3.05) is 49.9 Å². The fraction of sp³-hybridized carbons (Fsp3) is 0.372. The number of benzene rings is 3. The number of imide groups is 2. The first-order valence-corrected chi connectivity index (χ1v) is 20.2. The fourth-order valence-corrected chi connectivity index (χ4v) is 10.1. The Labute approximate surface area is 333 Å². The molecule has 6 aliphatic rings. The number of ether oxygens (including phenoxy) is 1.